The summed E-state index contributed by atoms with van der Waals surface area (Å²) in [5.41, 5.74) is 17.5. The van der Waals surface area contributed by atoms with Crippen molar-refractivity contribution >= 4 is 120 Å². The van der Waals surface area contributed by atoms with Gasteiger partial charge in [-0.3, -0.25) is 94.6 Å². The van der Waals surface area contributed by atoms with Gasteiger partial charge < -0.3 is 125 Å². The maximum Gasteiger partial charge on any atom is 0.0659 e. The Morgan fingerprint density at radius 3 is 0.632 bits per heavy atom. The number of allylic oxidation sites excluding steroid dienone is 16. The van der Waals surface area contributed by atoms with Gasteiger partial charge in [0, 0.05) is 662 Å². The second-order valence-corrected chi connectivity index (χ2v) is 19.6. The SMILES string of the molecule is C1=CN=C(C2=NC=CC2)C1.[CH-]=CN=[C-]C1=CCC(C2=NC(C(=[CH-])N=[CH-])=CC2)=N1.[CH-]=CN=[C-]C1=CCC(C2=NC([C-]=NC=[CH-])=CC2)=N1.[CH-]=CN=[C-]C1=CCC(C2=NC=CC2)=N1.[CH-]=NC(=[CH-])C1=CCC(C2=NC(C(=[CH-])N=[CH-])=CC2)=N1.[CH-]=NC(=[CH-])C1=CCC(C2=NC=CC2)=N1.[CH2-]CN[CH2-].[Y].[Y].[Y].[Y].[Y].[Y].[Y].[Y].[Y].[Y].[Y].[Y].[Y].[Y].[Y].[Y].[Y].[Y]. The fraction of sp³-hybridized carbons (Fsp3) is 0.173. The summed E-state index contributed by atoms with van der Waals surface area (Å²) in [6, 6.07) is 0. The van der Waals surface area contributed by atoms with E-state index in [2.05, 4.69) is 156 Å². The maximum absolute atomic E-state index is 5.58. The van der Waals surface area contributed by atoms with Crippen molar-refractivity contribution in [3.05, 3.63) is 257 Å². The normalized spacial score (nSPS) is 15.6. The van der Waals surface area contributed by atoms with Crippen LogP contribution in [0.2, 0.25) is 0 Å². The molecule has 21 nitrogen and oxygen atoms in total. The van der Waals surface area contributed by atoms with E-state index < -0.39 is 0 Å². The van der Waals surface area contributed by atoms with E-state index in [1.54, 1.807) is 12.4 Å². The predicted octanol–water partition coefficient (Wildman–Crippen LogP) is 12.5. The first kappa shape index (κ1) is 150. The molecule has 0 spiro atoms. The van der Waals surface area contributed by atoms with Gasteiger partial charge in [0.25, 0.3) is 0 Å². The largest absolute Gasteiger partial charge is 0.566 e. The van der Waals surface area contributed by atoms with Gasteiger partial charge in [-0.05, 0) is 74.2 Å². The third-order valence-corrected chi connectivity index (χ3v) is 13.3. The van der Waals surface area contributed by atoms with Gasteiger partial charge in [0.05, 0.1) is 45.7 Å². The molecular formula is C75H63N21Y18-18. The molecular weight excluding hydrogens is 2800 g/mol. The van der Waals surface area contributed by atoms with E-state index >= 15 is 0 Å². The molecule has 12 heterocycles. The van der Waals surface area contributed by atoms with E-state index in [0.29, 0.717) is 72.1 Å². The molecule has 0 fully saturated rings. The van der Waals surface area contributed by atoms with Crippen molar-refractivity contribution < 1.29 is 589 Å². The molecule has 0 unspecified atom stereocenters. The first-order valence-electron chi connectivity index (χ1n) is 29.3. The minimum absolute atomic E-state index is 0. The topological polar surface area (TPSA) is 259 Å². The van der Waals surface area contributed by atoms with Crippen LogP contribution in [0.25, 0.3) is 0 Å². The second kappa shape index (κ2) is 91.5. The molecule has 12 aliphatic heterocycles. The minimum atomic E-state index is 0. The Morgan fingerprint density at radius 1 is 0.298 bits per heavy atom. The monoisotopic (exact) mass is 2860 g/mol. The summed E-state index contributed by atoms with van der Waals surface area (Å²) in [5, 5.41) is 2.57. The smallest absolute Gasteiger partial charge is 0.0659 e. The van der Waals surface area contributed by atoms with Crippen molar-refractivity contribution in [3.63, 3.8) is 0 Å². The zero-order valence-corrected chi connectivity index (χ0v) is 114. The quantitative estimate of drug-likeness (QED) is 0.0760. The molecule has 1 N–H and O–H groups in total. The van der Waals surface area contributed by atoms with Crippen LogP contribution in [-0.2, 0) is 589 Å². The van der Waals surface area contributed by atoms with Crippen LogP contribution in [-0.4, -0.2) is 127 Å². The Balaban J connectivity index is -0.0000000943. The number of nitrogens with zero attached hydrogens (tertiary/aromatic N) is 20. The molecule has 12 rings (SSSR count). The zero-order chi connectivity index (χ0) is 68.9. The van der Waals surface area contributed by atoms with Crippen molar-refractivity contribution in [1.82, 2.24) is 5.32 Å². The molecule has 0 aliphatic carbocycles. The molecule has 114 heavy (non-hydrogen) atoms. The summed E-state index contributed by atoms with van der Waals surface area (Å²) in [6.45, 7) is 67.3. The molecule has 0 saturated carbocycles. The Bertz CT molecular complexity index is 4040. The van der Waals surface area contributed by atoms with Gasteiger partial charge in [-0.2, -0.15) is 80.5 Å². The summed E-state index contributed by atoms with van der Waals surface area (Å²) >= 11 is 0. The molecule has 18 radical (unpaired) electrons. The van der Waals surface area contributed by atoms with Crippen LogP contribution in [0.5, 0.6) is 0 Å². The fourth-order valence-corrected chi connectivity index (χ4v) is 8.72. The number of nitrogens with one attached hydrogen (secondary N) is 1. The molecule has 0 saturated heterocycles. The summed E-state index contributed by atoms with van der Waals surface area (Å²) in [7, 11) is 3.29. The van der Waals surface area contributed by atoms with Gasteiger partial charge in [0.15, 0.2) is 0 Å². The second-order valence-electron chi connectivity index (χ2n) is 19.6. The minimum Gasteiger partial charge on any atom is -0.566 e. The third kappa shape index (κ3) is 56.8. The summed E-state index contributed by atoms with van der Waals surface area (Å²) in [6.07, 6.45) is 55.5. The number of hydrogen-bond acceptors (Lipinski definition) is 21. The van der Waals surface area contributed by atoms with Gasteiger partial charge in [-0.15, -0.1) is 24.3 Å². The molecule has 39 heteroatoms. The van der Waals surface area contributed by atoms with E-state index in [1.807, 2.05) is 73.2 Å². The number of aliphatic imine (C=N–C) groups is 20. The molecule has 540 valence electrons. The zero-order valence-electron chi connectivity index (χ0n) is 62.9. The molecule has 0 bridgehead atoms. The molecule has 12 aliphatic rings. The Morgan fingerprint density at radius 2 is 0.465 bits per heavy atom. The van der Waals surface area contributed by atoms with E-state index in [-0.39, 0.29) is 612 Å². The van der Waals surface area contributed by atoms with Crippen molar-refractivity contribution in [3.8, 4) is 0 Å². The van der Waals surface area contributed by atoms with Gasteiger partial charge in [-0.1, -0.05) is 49.2 Å². The van der Waals surface area contributed by atoms with Crippen molar-refractivity contribution in [2.45, 2.75) is 77.0 Å². The molecule has 0 amide bonds. The predicted molar refractivity (Wildman–Crippen MR) is 395 cm³/mol. The third-order valence-electron chi connectivity index (χ3n) is 13.3. The molecule has 0 aromatic heterocycles. The van der Waals surface area contributed by atoms with E-state index in [4.69, 9.17) is 79.5 Å². The van der Waals surface area contributed by atoms with Crippen LogP contribution in [0.3, 0.4) is 0 Å². The average Bonchev–Trinajstić information content (AvgIpc) is 1.72. The fourth-order valence-electron chi connectivity index (χ4n) is 8.72. The summed E-state index contributed by atoms with van der Waals surface area (Å²) in [5.74, 6) is 0. The summed E-state index contributed by atoms with van der Waals surface area (Å²) in [4.78, 5) is 79.9. The Kier molecular flexibility index (Phi) is 121. The Hall–Kier alpha value is 8.03. The molecule has 0 aromatic carbocycles. The van der Waals surface area contributed by atoms with E-state index in [0.717, 1.165) is 126 Å². The van der Waals surface area contributed by atoms with Crippen LogP contribution in [0.15, 0.2) is 291 Å². The summed E-state index contributed by atoms with van der Waals surface area (Å²) < 4.78 is 0. The van der Waals surface area contributed by atoms with Crippen molar-refractivity contribution in [2.24, 2.45) is 99.8 Å². The van der Waals surface area contributed by atoms with Crippen molar-refractivity contribution in [1.29, 1.82) is 0 Å². The van der Waals surface area contributed by atoms with Gasteiger partial charge in [0.2, 0.25) is 0 Å². The average molecular weight is 2860 g/mol. The molecule has 0 atom stereocenters. The van der Waals surface area contributed by atoms with Crippen LogP contribution >= 0.6 is 0 Å². The van der Waals surface area contributed by atoms with E-state index in [9.17, 15) is 0 Å². The van der Waals surface area contributed by atoms with Gasteiger partial charge in [-0.25, -0.2) is 0 Å². The first-order chi connectivity index (χ1) is 46.8. The standard InChI is InChI=1S/3C14H10N4.2C11H9N3.C8H8N2.C3H7N.18Y/c1-9(15-3)11-5-7-13(17-11)14-8-6-12(18-14)10(2)16-4;1-4-16-9-11-5-6-13(17-11)14-8-7-12(18-14)10(2)15-3;1-3-15-9-11-5-7-13(17-11)14-8-6-12(18-14)10-16-4-2;1-8(12-2)9-5-6-11(14-9)10-4-3-7-13-10;1-2-12-8-9-5-6-11(14-9)10-4-3-7-13-10;1-3-7(9-5-1)8-4-2-6-10-8;1-3-4-2;;;;;;;;;;;;;;;;;;/h1-6H,7-8H2;1-5,7H,6,8H2;1-6H,7-8H2;2*1-3,5,7H,4,6H2;1-2,5-6H,3-4H2;4H,1-3H2;;;;;;;;;;;;;;;;;;/q3*-4;2*-2;;-2;;;;;;;;;;;;;;;;;;. The van der Waals surface area contributed by atoms with Crippen LogP contribution in [0.4, 0.5) is 0 Å². The van der Waals surface area contributed by atoms with Crippen LogP contribution in [0, 0.1) is 66.6 Å². The Labute approximate surface area is 1130 Å². The van der Waals surface area contributed by atoms with E-state index in [1.165, 1.54) is 24.8 Å². The van der Waals surface area contributed by atoms with Gasteiger partial charge >= 0.3 is 0 Å². The number of rotatable bonds is 23. The number of hydrogen-bond donors (Lipinski definition) is 1. The van der Waals surface area contributed by atoms with Crippen LogP contribution in [0.1, 0.15) is 77.0 Å². The maximum atomic E-state index is 5.58. The first-order valence-corrected chi connectivity index (χ1v) is 29.3. The van der Waals surface area contributed by atoms with Crippen molar-refractivity contribution in [2.75, 3.05) is 6.54 Å². The molecule has 0 aromatic rings. The van der Waals surface area contributed by atoms with Crippen LogP contribution < -0.4 is 5.32 Å². The van der Waals surface area contributed by atoms with Gasteiger partial charge in [0.1, 0.15) is 0 Å².